The number of hydrogen-bond acceptors (Lipinski definition) is 2. The maximum Gasteiger partial charge on any atom is 0.306 e. The van der Waals surface area contributed by atoms with E-state index in [9.17, 15) is 4.79 Å². The first-order valence-corrected chi connectivity index (χ1v) is 4.07. The first kappa shape index (κ1) is 8.53. The van der Waals surface area contributed by atoms with Crippen LogP contribution in [0.15, 0.2) is 0 Å². The van der Waals surface area contributed by atoms with E-state index in [4.69, 9.17) is 10.2 Å². The van der Waals surface area contributed by atoms with Crippen LogP contribution in [-0.2, 0) is 4.79 Å². The topological polar surface area (TPSA) is 57.5 Å². The van der Waals surface area contributed by atoms with Gasteiger partial charge in [-0.3, -0.25) is 4.79 Å². The highest BCUT2D eigenvalue weighted by Gasteiger charge is 2.28. The largest absolute Gasteiger partial charge is 0.481 e. The van der Waals surface area contributed by atoms with Crippen LogP contribution in [0.2, 0.25) is 0 Å². The summed E-state index contributed by atoms with van der Waals surface area (Å²) in [7, 11) is 0. The summed E-state index contributed by atoms with van der Waals surface area (Å²) >= 11 is 0. The van der Waals surface area contributed by atoms with Crippen molar-refractivity contribution in [2.45, 2.75) is 25.7 Å². The third kappa shape index (κ3) is 2.19. The number of aliphatic hydroxyl groups excluding tert-OH is 1. The van der Waals surface area contributed by atoms with Gasteiger partial charge in [-0.2, -0.15) is 0 Å². The van der Waals surface area contributed by atoms with E-state index in [1.54, 1.807) is 0 Å². The zero-order valence-electron chi connectivity index (χ0n) is 6.49. The van der Waals surface area contributed by atoms with Crippen molar-refractivity contribution in [1.82, 2.24) is 0 Å². The molecular weight excluding hydrogens is 144 g/mol. The predicted octanol–water partition coefficient (Wildman–Crippen LogP) is 0.870. The normalized spacial score (nSPS) is 30.6. The Bertz CT molecular complexity index is 144. The summed E-state index contributed by atoms with van der Waals surface area (Å²) in [5, 5.41) is 17.2. The highest BCUT2D eigenvalue weighted by Crippen LogP contribution is 2.32. The van der Waals surface area contributed by atoms with Crippen LogP contribution in [0.3, 0.4) is 0 Å². The van der Waals surface area contributed by atoms with Gasteiger partial charge in [0.15, 0.2) is 0 Å². The standard InChI is InChI=1S/C8H14O3/c9-4-3-6-1-2-7(5-6)8(10)11/h6-7,9H,1-5H2,(H,10,11). The van der Waals surface area contributed by atoms with Gasteiger partial charge in [0.2, 0.25) is 0 Å². The Morgan fingerprint density at radius 1 is 1.45 bits per heavy atom. The van der Waals surface area contributed by atoms with Gasteiger partial charge in [-0.15, -0.1) is 0 Å². The Hall–Kier alpha value is -0.570. The van der Waals surface area contributed by atoms with Crippen LogP contribution in [0.25, 0.3) is 0 Å². The lowest BCUT2D eigenvalue weighted by atomic mass is 10.0. The van der Waals surface area contributed by atoms with Gasteiger partial charge in [0.05, 0.1) is 5.92 Å². The molecule has 2 N–H and O–H groups in total. The molecule has 64 valence electrons. The molecule has 0 radical (unpaired) electrons. The third-order valence-corrected chi connectivity index (χ3v) is 2.43. The summed E-state index contributed by atoms with van der Waals surface area (Å²) in [4.78, 5) is 10.5. The van der Waals surface area contributed by atoms with E-state index in [-0.39, 0.29) is 12.5 Å². The fraction of sp³-hybridized carbons (Fsp3) is 0.875. The lowest BCUT2D eigenvalue weighted by Crippen LogP contribution is -2.09. The number of rotatable bonds is 3. The summed E-state index contributed by atoms with van der Waals surface area (Å²) in [6.07, 6.45) is 3.29. The highest BCUT2D eigenvalue weighted by atomic mass is 16.4. The zero-order valence-corrected chi connectivity index (χ0v) is 6.49. The van der Waals surface area contributed by atoms with E-state index in [1.807, 2.05) is 0 Å². The Labute approximate surface area is 66.0 Å². The van der Waals surface area contributed by atoms with Gasteiger partial charge in [-0.05, 0) is 31.6 Å². The molecule has 1 saturated carbocycles. The van der Waals surface area contributed by atoms with Gasteiger partial charge in [-0.1, -0.05) is 0 Å². The maximum absolute atomic E-state index is 10.5. The summed E-state index contributed by atoms with van der Waals surface area (Å²) in [6.45, 7) is 0.191. The Morgan fingerprint density at radius 2 is 2.18 bits per heavy atom. The summed E-state index contributed by atoms with van der Waals surface area (Å²) in [6, 6.07) is 0. The van der Waals surface area contributed by atoms with E-state index >= 15 is 0 Å². The molecule has 0 amide bonds. The molecular formula is C8H14O3. The van der Waals surface area contributed by atoms with E-state index < -0.39 is 5.97 Å². The van der Waals surface area contributed by atoms with Crippen LogP contribution in [0.4, 0.5) is 0 Å². The number of aliphatic carboxylic acids is 1. The number of hydrogen-bond donors (Lipinski definition) is 2. The van der Waals surface area contributed by atoms with Gasteiger partial charge in [-0.25, -0.2) is 0 Å². The number of carboxylic acid groups (broad SMARTS) is 1. The minimum atomic E-state index is -0.676. The summed E-state index contributed by atoms with van der Waals surface area (Å²) in [5.74, 6) is -0.377. The Morgan fingerprint density at radius 3 is 2.64 bits per heavy atom. The average molecular weight is 158 g/mol. The van der Waals surface area contributed by atoms with Crippen molar-refractivity contribution >= 4 is 5.97 Å². The van der Waals surface area contributed by atoms with Crippen molar-refractivity contribution < 1.29 is 15.0 Å². The molecule has 3 heteroatoms. The molecule has 0 saturated heterocycles. The van der Waals surface area contributed by atoms with Gasteiger partial charge in [0.1, 0.15) is 0 Å². The van der Waals surface area contributed by atoms with Gasteiger partial charge in [0.25, 0.3) is 0 Å². The van der Waals surface area contributed by atoms with E-state index in [0.29, 0.717) is 5.92 Å². The molecule has 0 spiro atoms. The van der Waals surface area contributed by atoms with Crippen LogP contribution in [-0.4, -0.2) is 22.8 Å². The molecule has 1 rings (SSSR count). The molecule has 1 aliphatic rings. The number of aliphatic hydroxyl groups is 1. The number of carbonyl (C=O) groups is 1. The minimum Gasteiger partial charge on any atom is -0.481 e. The predicted molar refractivity (Wildman–Crippen MR) is 40.2 cm³/mol. The second-order valence-electron chi connectivity index (χ2n) is 3.23. The minimum absolute atomic E-state index is 0.147. The van der Waals surface area contributed by atoms with Crippen molar-refractivity contribution in [1.29, 1.82) is 0 Å². The molecule has 0 aromatic carbocycles. The highest BCUT2D eigenvalue weighted by molar-refractivity contribution is 5.70. The fourth-order valence-corrected chi connectivity index (χ4v) is 1.74. The zero-order chi connectivity index (χ0) is 8.27. The first-order chi connectivity index (χ1) is 5.24. The first-order valence-electron chi connectivity index (χ1n) is 4.07. The third-order valence-electron chi connectivity index (χ3n) is 2.43. The van der Waals surface area contributed by atoms with Gasteiger partial charge >= 0.3 is 5.97 Å². The molecule has 3 nitrogen and oxygen atoms in total. The quantitative estimate of drug-likeness (QED) is 0.640. The van der Waals surface area contributed by atoms with Crippen molar-refractivity contribution in [3.63, 3.8) is 0 Å². The van der Waals surface area contributed by atoms with Crippen LogP contribution >= 0.6 is 0 Å². The second-order valence-corrected chi connectivity index (χ2v) is 3.23. The molecule has 0 aromatic rings. The molecule has 1 aliphatic carbocycles. The molecule has 0 aliphatic heterocycles. The van der Waals surface area contributed by atoms with E-state index in [2.05, 4.69) is 0 Å². The SMILES string of the molecule is O=C(O)C1CCC(CCO)C1. The average Bonchev–Trinajstić information content (AvgIpc) is 2.37. The maximum atomic E-state index is 10.5. The Kier molecular flexibility index (Phi) is 2.88. The van der Waals surface area contributed by atoms with Crippen LogP contribution in [0.5, 0.6) is 0 Å². The lowest BCUT2D eigenvalue weighted by molar-refractivity contribution is -0.141. The van der Waals surface area contributed by atoms with Gasteiger partial charge < -0.3 is 10.2 Å². The van der Waals surface area contributed by atoms with E-state index in [1.165, 1.54) is 0 Å². The molecule has 0 aromatic heterocycles. The van der Waals surface area contributed by atoms with Crippen molar-refractivity contribution in [2.24, 2.45) is 11.8 Å². The van der Waals surface area contributed by atoms with E-state index in [0.717, 1.165) is 25.7 Å². The second kappa shape index (κ2) is 3.72. The molecule has 2 atom stereocenters. The Balaban J connectivity index is 2.29. The molecule has 2 unspecified atom stereocenters. The summed E-state index contributed by atoms with van der Waals surface area (Å²) in [5.41, 5.74) is 0. The van der Waals surface area contributed by atoms with Crippen molar-refractivity contribution in [3.05, 3.63) is 0 Å². The van der Waals surface area contributed by atoms with Crippen LogP contribution in [0.1, 0.15) is 25.7 Å². The smallest absolute Gasteiger partial charge is 0.306 e. The van der Waals surface area contributed by atoms with Crippen LogP contribution in [0, 0.1) is 11.8 Å². The lowest BCUT2D eigenvalue weighted by Gasteiger charge is -2.05. The van der Waals surface area contributed by atoms with Crippen molar-refractivity contribution in [2.75, 3.05) is 6.61 Å². The van der Waals surface area contributed by atoms with Crippen LogP contribution < -0.4 is 0 Å². The molecule has 11 heavy (non-hydrogen) atoms. The monoisotopic (exact) mass is 158 g/mol. The molecule has 1 fully saturated rings. The molecule has 0 heterocycles. The molecule has 0 bridgehead atoms. The van der Waals surface area contributed by atoms with Crippen molar-refractivity contribution in [3.8, 4) is 0 Å². The van der Waals surface area contributed by atoms with Gasteiger partial charge in [0, 0.05) is 6.61 Å². The fourth-order valence-electron chi connectivity index (χ4n) is 1.74. The summed E-state index contributed by atoms with van der Waals surface area (Å²) < 4.78 is 0. The number of carboxylic acids is 1.